The highest BCUT2D eigenvalue weighted by Crippen LogP contribution is 2.30. The topological polar surface area (TPSA) is 82.0 Å². The number of pyridine rings is 1. The number of halogens is 2. The molecule has 13 heavy (non-hydrogen) atoms. The minimum Gasteiger partial charge on any atom is -0.397 e. The van der Waals surface area contributed by atoms with Gasteiger partial charge in [-0.25, -0.2) is 13.8 Å². The van der Waals surface area contributed by atoms with E-state index in [-0.39, 0.29) is 17.1 Å². The lowest BCUT2D eigenvalue weighted by Crippen LogP contribution is -2.06. The molecule has 0 aromatic carbocycles. The second-order valence-electron chi connectivity index (χ2n) is 2.34. The maximum Gasteiger partial charge on any atom is 0.267 e. The van der Waals surface area contributed by atoms with Gasteiger partial charge in [-0.2, -0.15) is 0 Å². The average molecular weight is 187 g/mol. The number of aromatic nitrogens is 1. The Hall–Kier alpha value is -1.72. The average Bonchev–Trinajstić information content (AvgIpc) is 2.04. The van der Waals surface area contributed by atoms with Crippen LogP contribution in [0.2, 0.25) is 0 Å². The molecule has 4 N–H and O–H groups in total. The summed E-state index contributed by atoms with van der Waals surface area (Å²) in [5, 5.41) is 0. The van der Waals surface area contributed by atoms with E-state index in [4.69, 9.17) is 11.5 Å². The predicted octanol–water partition coefficient (Wildman–Crippen LogP) is 0.996. The first kappa shape index (κ1) is 9.37. The zero-order valence-corrected chi connectivity index (χ0v) is 6.50. The van der Waals surface area contributed by atoms with Gasteiger partial charge >= 0.3 is 0 Å². The largest absolute Gasteiger partial charge is 0.397 e. The lowest BCUT2D eigenvalue weighted by molar-refractivity contribution is 0.111. The third-order valence-electron chi connectivity index (χ3n) is 1.55. The normalized spacial score (nSPS) is 10.4. The number of aldehydes is 1. The fraction of sp³-hybridized carbons (Fsp3) is 0.143. The Labute approximate surface area is 72.6 Å². The first-order valence-corrected chi connectivity index (χ1v) is 3.35. The Morgan fingerprint density at radius 1 is 1.46 bits per heavy atom. The Kier molecular flexibility index (Phi) is 2.41. The van der Waals surface area contributed by atoms with E-state index in [9.17, 15) is 13.6 Å². The van der Waals surface area contributed by atoms with E-state index >= 15 is 0 Å². The van der Waals surface area contributed by atoms with Gasteiger partial charge in [0.1, 0.15) is 5.69 Å². The van der Waals surface area contributed by atoms with Crippen LogP contribution in [0, 0.1) is 0 Å². The van der Waals surface area contributed by atoms with Gasteiger partial charge in [-0.1, -0.05) is 0 Å². The summed E-state index contributed by atoms with van der Waals surface area (Å²) >= 11 is 0. The SMILES string of the molecule is Nc1cnc(C=O)c(N)c1C(F)F. The highest BCUT2D eigenvalue weighted by molar-refractivity contribution is 5.83. The molecule has 0 bridgehead atoms. The molecule has 0 amide bonds. The van der Waals surface area contributed by atoms with Crippen LogP contribution >= 0.6 is 0 Å². The highest BCUT2D eigenvalue weighted by Gasteiger charge is 2.18. The summed E-state index contributed by atoms with van der Waals surface area (Å²) in [6.45, 7) is 0. The monoisotopic (exact) mass is 187 g/mol. The third-order valence-corrected chi connectivity index (χ3v) is 1.55. The number of nitrogens with two attached hydrogens (primary N) is 2. The van der Waals surface area contributed by atoms with Crippen LogP contribution in [-0.2, 0) is 0 Å². The fourth-order valence-corrected chi connectivity index (χ4v) is 0.909. The summed E-state index contributed by atoms with van der Waals surface area (Å²) in [6, 6.07) is 0. The van der Waals surface area contributed by atoms with Crippen LogP contribution in [-0.4, -0.2) is 11.3 Å². The number of carbonyl (C=O) groups excluding carboxylic acids is 1. The van der Waals surface area contributed by atoms with Crippen LogP contribution < -0.4 is 11.5 Å². The van der Waals surface area contributed by atoms with E-state index in [1.807, 2.05) is 0 Å². The Morgan fingerprint density at radius 2 is 2.08 bits per heavy atom. The van der Waals surface area contributed by atoms with E-state index in [1.165, 1.54) is 0 Å². The second kappa shape index (κ2) is 3.34. The fourth-order valence-electron chi connectivity index (χ4n) is 0.909. The van der Waals surface area contributed by atoms with Crippen LogP contribution in [0.5, 0.6) is 0 Å². The molecule has 0 fully saturated rings. The second-order valence-corrected chi connectivity index (χ2v) is 2.34. The summed E-state index contributed by atoms with van der Waals surface area (Å²) in [5.41, 5.74) is 9.13. The van der Waals surface area contributed by atoms with Gasteiger partial charge in [0.2, 0.25) is 0 Å². The van der Waals surface area contributed by atoms with E-state index in [0.717, 1.165) is 6.20 Å². The van der Waals surface area contributed by atoms with Gasteiger partial charge in [-0.3, -0.25) is 4.79 Å². The molecule has 0 spiro atoms. The Balaban J connectivity index is 3.38. The molecule has 0 aliphatic heterocycles. The number of nitrogens with zero attached hydrogens (tertiary/aromatic N) is 1. The molecule has 0 saturated heterocycles. The van der Waals surface area contributed by atoms with Crippen molar-refractivity contribution in [2.24, 2.45) is 0 Å². The molecule has 0 saturated carbocycles. The van der Waals surface area contributed by atoms with Crippen LogP contribution in [0.15, 0.2) is 6.20 Å². The van der Waals surface area contributed by atoms with Crippen molar-refractivity contribution in [3.63, 3.8) is 0 Å². The van der Waals surface area contributed by atoms with E-state index in [2.05, 4.69) is 4.98 Å². The van der Waals surface area contributed by atoms with Crippen LogP contribution in [0.4, 0.5) is 20.2 Å². The molecule has 0 unspecified atom stereocenters. The molecular weight excluding hydrogens is 180 g/mol. The van der Waals surface area contributed by atoms with Crippen molar-refractivity contribution in [2.75, 3.05) is 11.5 Å². The maximum absolute atomic E-state index is 12.3. The van der Waals surface area contributed by atoms with Crippen molar-refractivity contribution in [1.82, 2.24) is 4.98 Å². The molecule has 4 nitrogen and oxygen atoms in total. The summed E-state index contributed by atoms with van der Waals surface area (Å²) in [5.74, 6) is 0. The van der Waals surface area contributed by atoms with Crippen LogP contribution in [0.25, 0.3) is 0 Å². The van der Waals surface area contributed by atoms with Gasteiger partial charge in [-0.15, -0.1) is 0 Å². The van der Waals surface area contributed by atoms with E-state index in [0.29, 0.717) is 6.29 Å². The first-order valence-electron chi connectivity index (χ1n) is 3.35. The van der Waals surface area contributed by atoms with Gasteiger partial charge in [-0.05, 0) is 0 Å². The minimum absolute atomic E-state index is 0.210. The standard InChI is InChI=1S/C7H7F2N3O/c8-7(9)5-3(10)1-12-4(2-13)6(5)11/h1-2,7H,10-11H2. The number of alkyl halides is 2. The first-order chi connectivity index (χ1) is 6.07. The molecule has 0 radical (unpaired) electrons. The quantitative estimate of drug-likeness (QED) is 0.676. The van der Waals surface area contributed by atoms with Crippen LogP contribution in [0.1, 0.15) is 22.5 Å². The number of rotatable bonds is 2. The zero-order valence-electron chi connectivity index (χ0n) is 6.50. The number of nitrogen functional groups attached to an aromatic ring is 2. The van der Waals surface area contributed by atoms with E-state index < -0.39 is 12.0 Å². The Bertz CT molecular complexity index is 341. The van der Waals surface area contributed by atoms with Gasteiger partial charge in [0.15, 0.2) is 6.29 Å². The number of hydrogen-bond acceptors (Lipinski definition) is 4. The predicted molar refractivity (Wildman–Crippen MR) is 43.4 cm³/mol. The summed E-state index contributed by atoms with van der Waals surface area (Å²) in [6.07, 6.45) is -1.51. The molecule has 6 heteroatoms. The van der Waals surface area contributed by atoms with Crippen LogP contribution in [0.3, 0.4) is 0 Å². The van der Waals surface area contributed by atoms with E-state index in [1.54, 1.807) is 0 Å². The molecule has 70 valence electrons. The third kappa shape index (κ3) is 1.56. The molecule has 1 aromatic heterocycles. The van der Waals surface area contributed by atoms with Gasteiger partial charge in [0.25, 0.3) is 6.43 Å². The highest BCUT2D eigenvalue weighted by atomic mass is 19.3. The van der Waals surface area contributed by atoms with Crippen molar-refractivity contribution in [3.05, 3.63) is 17.5 Å². The molecule has 1 aromatic rings. The molecule has 0 atom stereocenters. The number of hydrogen-bond donors (Lipinski definition) is 2. The van der Waals surface area contributed by atoms with Crippen molar-refractivity contribution >= 4 is 17.7 Å². The van der Waals surface area contributed by atoms with Crippen molar-refractivity contribution in [3.8, 4) is 0 Å². The lowest BCUT2D eigenvalue weighted by Gasteiger charge is -2.08. The lowest BCUT2D eigenvalue weighted by atomic mass is 10.1. The number of carbonyl (C=O) groups is 1. The maximum atomic E-state index is 12.3. The summed E-state index contributed by atoms with van der Waals surface area (Å²) < 4.78 is 24.6. The number of anilines is 2. The van der Waals surface area contributed by atoms with Gasteiger partial charge < -0.3 is 11.5 Å². The zero-order chi connectivity index (χ0) is 10.0. The van der Waals surface area contributed by atoms with Crippen molar-refractivity contribution in [2.45, 2.75) is 6.43 Å². The summed E-state index contributed by atoms with van der Waals surface area (Å²) in [7, 11) is 0. The summed E-state index contributed by atoms with van der Waals surface area (Å²) in [4.78, 5) is 13.8. The Morgan fingerprint density at radius 3 is 2.54 bits per heavy atom. The molecule has 1 rings (SSSR count). The van der Waals surface area contributed by atoms with Gasteiger partial charge in [0.05, 0.1) is 23.1 Å². The van der Waals surface area contributed by atoms with Crippen molar-refractivity contribution in [1.29, 1.82) is 0 Å². The minimum atomic E-state index is -2.80. The molecule has 0 aliphatic rings. The smallest absolute Gasteiger partial charge is 0.267 e. The molecular formula is C7H7F2N3O. The molecule has 0 aliphatic carbocycles. The van der Waals surface area contributed by atoms with Crippen molar-refractivity contribution < 1.29 is 13.6 Å². The van der Waals surface area contributed by atoms with Gasteiger partial charge in [0, 0.05) is 0 Å². The molecule has 1 heterocycles.